The maximum Gasteiger partial charge on any atom is 0.244 e. The first-order valence-electron chi connectivity index (χ1n) is 11.9. The van der Waals surface area contributed by atoms with E-state index in [0.717, 1.165) is 18.4 Å². The third-order valence-corrected chi connectivity index (χ3v) is 8.92. The van der Waals surface area contributed by atoms with Crippen LogP contribution < -0.4 is 10.6 Å². The fourth-order valence-electron chi connectivity index (χ4n) is 5.73. The van der Waals surface area contributed by atoms with Gasteiger partial charge in [-0.3, -0.25) is 14.4 Å². The number of hydrogen-bond donors (Lipinski definition) is 3. The van der Waals surface area contributed by atoms with E-state index in [-0.39, 0.29) is 29.6 Å². The molecular weight excluding hydrogens is 438 g/mol. The molecule has 7 nitrogen and oxygen atoms in total. The van der Waals surface area contributed by atoms with E-state index in [1.54, 1.807) is 16.7 Å². The maximum atomic E-state index is 13.7. The van der Waals surface area contributed by atoms with Gasteiger partial charge in [0.2, 0.25) is 17.7 Å². The summed E-state index contributed by atoms with van der Waals surface area (Å²) in [6, 6.07) is 9.16. The lowest BCUT2D eigenvalue weighted by molar-refractivity contribution is -0.140. The standard InChI is InChI=1S/C25H35N3O4S/c1-24(2,3)27-22(31)20-25-12-11-17(33-25)18(19(25)23(32)28(20)13-7-8-14-29)21(30)26-15-16-9-5-4-6-10-16/h4-6,9-10,17-20,29H,7-8,11-15H2,1-3H3,(H,26,30)(H,27,31)/t17-,18+,19-,20?,25?/m0/s1. The van der Waals surface area contributed by atoms with Gasteiger partial charge in [-0.1, -0.05) is 30.3 Å². The van der Waals surface area contributed by atoms with Gasteiger partial charge in [-0.25, -0.2) is 0 Å². The molecule has 0 aliphatic carbocycles. The van der Waals surface area contributed by atoms with Crippen molar-refractivity contribution in [1.82, 2.24) is 15.5 Å². The molecule has 180 valence electrons. The van der Waals surface area contributed by atoms with Crippen molar-refractivity contribution >= 4 is 29.5 Å². The average molecular weight is 474 g/mol. The van der Waals surface area contributed by atoms with Gasteiger partial charge in [0.25, 0.3) is 0 Å². The molecule has 1 spiro atoms. The van der Waals surface area contributed by atoms with Crippen LogP contribution >= 0.6 is 11.8 Å². The monoisotopic (exact) mass is 473 g/mol. The smallest absolute Gasteiger partial charge is 0.244 e. The normalized spacial score (nSPS) is 30.4. The second kappa shape index (κ2) is 9.29. The number of fused-ring (bicyclic) bond motifs is 1. The summed E-state index contributed by atoms with van der Waals surface area (Å²) < 4.78 is -0.564. The molecule has 5 atom stereocenters. The van der Waals surface area contributed by atoms with E-state index in [4.69, 9.17) is 0 Å². The van der Waals surface area contributed by atoms with E-state index in [2.05, 4.69) is 10.6 Å². The summed E-state index contributed by atoms with van der Waals surface area (Å²) >= 11 is 1.68. The Morgan fingerprint density at radius 1 is 1.18 bits per heavy atom. The van der Waals surface area contributed by atoms with Crippen LogP contribution in [-0.2, 0) is 20.9 Å². The summed E-state index contributed by atoms with van der Waals surface area (Å²) in [5.74, 6) is -1.23. The number of likely N-dealkylation sites (tertiary alicyclic amines) is 1. The summed E-state index contributed by atoms with van der Waals surface area (Å²) in [6.45, 7) is 6.71. The zero-order valence-electron chi connectivity index (χ0n) is 19.7. The van der Waals surface area contributed by atoms with Crippen molar-refractivity contribution in [1.29, 1.82) is 0 Å². The summed E-state index contributed by atoms with van der Waals surface area (Å²) in [6.07, 6.45) is 2.80. The van der Waals surface area contributed by atoms with Gasteiger partial charge < -0.3 is 20.6 Å². The van der Waals surface area contributed by atoms with Crippen LogP contribution in [0.5, 0.6) is 0 Å². The molecule has 3 saturated heterocycles. The molecule has 0 saturated carbocycles. The zero-order chi connectivity index (χ0) is 23.8. The van der Waals surface area contributed by atoms with Crippen LogP contribution in [0.15, 0.2) is 30.3 Å². The second-order valence-electron chi connectivity index (χ2n) is 10.5. The topological polar surface area (TPSA) is 98.7 Å². The number of nitrogens with zero attached hydrogens (tertiary/aromatic N) is 1. The van der Waals surface area contributed by atoms with Crippen LogP contribution in [0, 0.1) is 11.8 Å². The maximum absolute atomic E-state index is 13.7. The molecule has 3 N–H and O–H groups in total. The van der Waals surface area contributed by atoms with Crippen molar-refractivity contribution in [2.24, 2.45) is 11.8 Å². The summed E-state index contributed by atoms with van der Waals surface area (Å²) in [5.41, 5.74) is 0.599. The van der Waals surface area contributed by atoms with E-state index in [9.17, 15) is 19.5 Å². The number of aliphatic hydroxyl groups is 1. The number of hydrogen-bond acceptors (Lipinski definition) is 5. The number of benzene rings is 1. The number of nitrogens with one attached hydrogen (secondary N) is 2. The minimum atomic E-state index is -0.588. The highest BCUT2D eigenvalue weighted by molar-refractivity contribution is 8.02. The molecule has 2 bridgehead atoms. The first kappa shape index (κ1) is 24.1. The molecule has 8 heteroatoms. The van der Waals surface area contributed by atoms with Gasteiger partial charge in [-0.2, -0.15) is 0 Å². The molecule has 0 aromatic heterocycles. The Kier molecular flexibility index (Phi) is 6.78. The van der Waals surface area contributed by atoms with Crippen LogP contribution in [0.4, 0.5) is 0 Å². The molecule has 0 radical (unpaired) electrons. The second-order valence-corrected chi connectivity index (χ2v) is 12.1. The van der Waals surface area contributed by atoms with E-state index in [1.807, 2.05) is 51.1 Å². The van der Waals surface area contributed by atoms with Gasteiger partial charge in [0.1, 0.15) is 6.04 Å². The van der Waals surface area contributed by atoms with Crippen LogP contribution in [0.2, 0.25) is 0 Å². The third kappa shape index (κ3) is 4.52. The quantitative estimate of drug-likeness (QED) is 0.502. The van der Waals surface area contributed by atoms with Crippen LogP contribution in [0.1, 0.15) is 52.0 Å². The molecule has 3 fully saturated rings. The first-order chi connectivity index (χ1) is 15.7. The molecule has 3 aliphatic heterocycles. The van der Waals surface area contributed by atoms with E-state index in [0.29, 0.717) is 25.9 Å². The predicted octanol–water partition coefficient (Wildman–Crippen LogP) is 2.08. The summed E-state index contributed by atoms with van der Waals surface area (Å²) in [7, 11) is 0. The van der Waals surface area contributed by atoms with Crippen molar-refractivity contribution < 1.29 is 19.5 Å². The minimum absolute atomic E-state index is 0.0524. The van der Waals surface area contributed by atoms with Gasteiger partial charge in [-0.15, -0.1) is 11.8 Å². The van der Waals surface area contributed by atoms with E-state index >= 15 is 0 Å². The van der Waals surface area contributed by atoms with Crippen molar-refractivity contribution in [2.45, 2.75) is 74.6 Å². The Hall–Kier alpha value is -2.06. The minimum Gasteiger partial charge on any atom is -0.396 e. The number of carbonyl (C=O) groups excluding carboxylic acids is 3. The molecule has 1 aromatic rings. The number of amides is 3. The van der Waals surface area contributed by atoms with Crippen LogP contribution in [0.25, 0.3) is 0 Å². The van der Waals surface area contributed by atoms with Gasteiger partial charge in [0, 0.05) is 30.5 Å². The summed E-state index contributed by atoms with van der Waals surface area (Å²) in [4.78, 5) is 42.3. The highest BCUT2D eigenvalue weighted by atomic mass is 32.2. The number of aliphatic hydroxyl groups excluding tert-OH is 1. The van der Waals surface area contributed by atoms with Gasteiger partial charge in [0.15, 0.2) is 0 Å². The lowest BCUT2D eigenvalue weighted by atomic mass is 9.70. The Bertz CT molecular complexity index is 903. The van der Waals surface area contributed by atoms with Crippen molar-refractivity contribution in [3.8, 4) is 0 Å². The Morgan fingerprint density at radius 2 is 1.91 bits per heavy atom. The lowest BCUT2D eigenvalue weighted by Crippen LogP contribution is -2.57. The molecule has 3 aliphatic rings. The Balaban J connectivity index is 1.59. The molecule has 2 unspecified atom stereocenters. The average Bonchev–Trinajstić information content (AvgIpc) is 3.39. The Morgan fingerprint density at radius 3 is 2.58 bits per heavy atom. The van der Waals surface area contributed by atoms with Crippen LogP contribution in [0.3, 0.4) is 0 Å². The highest BCUT2D eigenvalue weighted by Gasteiger charge is 2.73. The molecule has 1 aromatic carbocycles. The van der Waals surface area contributed by atoms with Crippen molar-refractivity contribution in [2.75, 3.05) is 13.2 Å². The number of unbranched alkanes of at least 4 members (excludes halogenated alkanes) is 1. The van der Waals surface area contributed by atoms with E-state index < -0.39 is 28.2 Å². The number of rotatable bonds is 8. The molecule has 4 rings (SSSR count). The highest BCUT2D eigenvalue weighted by Crippen LogP contribution is 2.66. The van der Waals surface area contributed by atoms with Gasteiger partial charge >= 0.3 is 0 Å². The molecule has 3 amide bonds. The van der Waals surface area contributed by atoms with Gasteiger partial charge in [-0.05, 0) is 52.0 Å². The van der Waals surface area contributed by atoms with E-state index in [1.165, 1.54) is 0 Å². The fourth-order valence-corrected chi connectivity index (χ4v) is 7.95. The SMILES string of the molecule is CC(C)(C)NC(=O)C1N(CCCCO)C(=O)[C@@H]2[C@H](C(=O)NCc3ccccc3)[C@@H]3CCC12S3. The van der Waals surface area contributed by atoms with Crippen molar-refractivity contribution in [3.63, 3.8) is 0 Å². The Labute approximate surface area is 200 Å². The summed E-state index contributed by atoms with van der Waals surface area (Å²) in [5, 5.41) is 15.4. The van der Waals surface area contributed by atoms with Gasteiger partial charge in [0.05, 0.1) is 16.6 Å². The number of thioether (sulfide) groups is 1. The molecule has 33 heavy (non-hydrogen) atoms. The largest absolute Gasteiger partial charge is 0.396 e. The zero-order valence-corrected chi connectivity index (χ0v) is 20.5. The molecular formula is C25H35N3O4S. The van der Waals surface area contributed by atoms with Crippen molar-refractivity contribution in [3.05, 3.63) is 35.9 Å². The predicted molar refractivity (Wildman–Crippen MR) is 128 cm³/mol. The fraction of sp³-hybridized carbons (Fsp3) is 0.640. The third-order valence-electron chi connectivity index (χ3n) is 6.97. The number of carbonyl (C=O) groups is 3. The first-order valence-corrected chi connectivity index (χ1v) is 12.8. The lowest BCUT2D eigenvalue weighted by Gasteiger charge is -2.36. The van der Waals surface area contributed by atoms with Crippen LogP contribution in [-0.4, -0.2) is 62.5 Å². The molecule has 3 heterocycles.